The summed E-state index contributed by atoms with van der Waals surface area (Å²) >= 11 is 0.330. The molecule has 0 aromatic heterocycles. The molecule has 0 aliphatic rings. The molecule has 0 saturated heterocycles. The topological polar surface area (TPSA) is 17.1 Å². The quantitative estimate of drug-likeness (QED) is 0.361. The van der Waals surface area contributed by atoms with Gasteiger partial charge in [0.25, 0.3) is 0 Å². The van der Waals surface area contributed by atoms with Crippen molar-refractivity contribution in [1.82, 2.24) is 0 Å². The Labute approximate surface area is 47.6 Å². The molecule has 0 N–H and O–H groups in total. The van der Waals surface area contributed by atoms with E-state index in [0.717, 1.165) is 0 Å². The van der Waals surface area contributed by atoms with Crippen LogP contribution < -0.4 is 0 Å². The fourth-order valence-electron chi connectivity index (χ4n) is 0.0241. The fourth-order valence-corrected chi connectivity index (χ4v) is 0.0722. The Balaban J connectivity index is 3.91. The Kier molecular flexibility index (Phi) is 1.91. The monoisotopic (exact) mass is 114 g/mol. The van der Waals surface area contributed by atoms with Crippen molar-refractivity contribution >= 4 is 11.7 Å². The third-order valence-corrected chi connectivity index (χ3v) is 0.975. The summed E-state index contributed by atoms with van der Waals surface area (Å²) in [6, 6.07) is 0. The van der Waals surface area contributed by atoms with E-state index in [-0.39, 0.29) is 0 Å². The molecule has 37 valence electrons. The van der Waals surface area contributed by atoms with E-state index < -0.39 is 4.75 Å². The lowest BCUT2D eigenvalue weighted by Crippen LogP contribution is -2.13. The van der Waals surface area contributed by atoms with Gasteiger partial charge >= 0.3 is 16.4 Å². The van der Waals surface area contributed by atoms with Gasteiger partial charge in [0.1, 0.15) is 0 Å². The lowest BCUT2D eigenvalue weighted by Gasteiger charge is -1.86. The molecule has 0 heterocycles. The van der Waals surface area contributed by atoms with Crippen LogP contribution >= 0.6 is 0 Å². The average Bonchev–Trinajstić information content (AvgIpc) is 1.68. The summed E-state index contributed by atoms with van der Waals surface area (Å²) in [7, 11) is 0. The standard InChI is InChI=1S/C5H6OS/c1-4-5(2,3)7-6/h1H,2H2,3H3/q+1. The van der Waals surface area contributed by atoms with Crippen molar-refractivity contribution in [2.75, 3.05) is 0 Å². The summed E-state index contributed by atoms with van der Waals surface area (Å²) in [4.78, 5) is 0. The molecular formula is C5H6OS+. The molecule has 0 rings (SSSR count). The normalized spacial score (nSPS) is 9.86. The summed E-state index contributed by atoms with van der Waals surface area (Å²) in [6.07, 6.45) is 4.88. The van der Waals surface area contributed by atoms with E-state index in [4.69, 9.17) is 6.42 Å². The first kappa shape index (κ1) is 6.58. The van der Waals surface area contributed by atoms with Gasteiger partial charge in [-0.25, -0.2) is 0 Å². The zero-order chi connectivity index (χ0) is 5.91. The van der Waals surface area contributed by atoms with Gasteiger partial charge in [0.15, 0.2) is 0 Å². The molecule has 1 unspecified atom stereocenters. The number of hydrogen-bond donors (Lipinski definition) is 0. The predicted octanol–water partition coefficient (Wildman–Crippen LogP) is 0.640. The van der Waals surface area contributed by atoms with Gasteiger partial charge in [-0.1, -0.05) is 0 Å². The van der Waals surface area contributed by atoms with E-state index in [1.165, 1.54) is 0 Å². The van der Waals surface area contributed by atoms with Crippen molar-refractivity contribution < 1.29 is 4.21 Å². The highest BCUT2D eigenvalue weighted by Crippen LogP contribution is 1.99. The molecule has 1 radical (unpaired) electrons. The molecule has 0 fully saturated rings. The van der Waals surface area contributed by atoms with E-state index in [9.17, 15) is 4.21 Å². The number of terminal acetylenes is 1. The minimum absolute atomic E-state index is 0.330. The molecule has 0 aliphatic heterocycles. The third kappa shape index (κ3) is 2.30. The van der Waals surface area contributed by atoms with Crippen molar-refractivity contribution in [3.63, 3.8) is 0 Å². The largest absolute Gasteiger partial charge is 0.479 e. The van der Waals surface area contributed by atoms with Gasteiger partial charge in [-0.05, 0) is 5.92 Å². The van der Waals surface area contributed by atoms with E-state index in [2.05, 4.69) is 12.8 Å². The second-order valence-corrected chi connectivity index (χ2v) is 2.53. The van der Waals surface area contributed by atoms with Gasteiger partial charge in [-0.15, -0.1) is 6.42 Å². The lowest BCUT2D eigenvalue weighted by atomic mass is 10.2. The first-order chi connectivity index (χ1) is 3.12. The average molecular weight is 114 g/mol. The molecule has 0 spiro atoms. The number of rotatable bonds is 1. The summed E-state index contributed by atoms with van der Waals surface area (Å²) in [5.74, 6) is 2.23. The maximum Gasteiger partial charge on any atom is 0.479 e. The Morgan fingerprint density at radius 3 is 2.43 bits per heavy atom. The highest BCUT2D eigenvalue weighted by molar-refractivity contribution is 7.67. The molecule has 0 aromatic rings. The summed E-state index contributed by atoms with van der Waals surface area (Å²) in [5.41, 5.74) is 0. The van der Waals surface area contributed by atoms with Crippen molar-refractivity contribution in [2.45, 2.75) is 11.7 Å². The summed E-state index contributed by atoms with van der Waals surface area (Å²) in [5, 5.41) is 0. The molecule has 0 amide bonds. The Hall–Kier alpha value is -0.420. The van der Waals surface area contributed by atoms with Gasteiger partial charge in [0.2, 0.25) is 0 Å². The van der Waals surface area contributed by atoms with Gasteiger partial charge < -0.3 is 0 Å². The molecular weight excluding hydrogens is 108 g/mol. The molecule has 1 nitrogen and oxygen atoms in total. The molecule has 7 heavy (non-hydrogen) atoms. The molecule has 0 saturated carbocycles. The van der Waals surface area contributed by atoms with Gasteiger partial charge in [-0.2, -0.15) is 0 Å². The van der Waals surface area contributed by atoms with Crippen molar-refractivity contribution in [2.24, 2.45) is 0 Å². The summed E-state index contributed by atoms with van der Waals surface area (Å²) < 4.78 is 9.12. The molecule has 0 aliphatic carbocycles. The third-order valence-electron chi connectivity index (χ3n) is 0.489. The van der Waals surface area contributed by atoms with E-state index in [1.807, 2.05) is 0 Å². The Morgan fingerprint density at radius 1 is 2.00 bits per heavy atom. The summed E-state index contributed by atoms with van der Waals surface area (Å²) in [6.45, 7) is 5.02. The van der Waals surface area contributed by atoms with Crippen LogP contribution in [-0.2, 0) is 15.9 Å². The highest BCUT2D eigenvalue weighted by Gasteiger charge is 2.28. The van der Waals surface area contributed by atoms with Crippen molar-refractivity contribution in [3.8, 4) is 12.3 Å². The van der Waals surface area contributed by atoms with Crippen LogP contribution in [0.3, 0.4) is 0 Å². The van der Waals surface area contributed by atoms with Crippen LogP contribution in [0.5, 0.6) is 0 Å². The molecule has 0 aromatic carbocycles. The molecule has 1 atom stereocenters. The molecule has 0 bridgehead atoms. The highest BCUT2D eigenvalue weighted by atomic mass is 32.1. The zero-order valence-electron chi connectivity index (χ0n) is 4.10. The van der Waals surface area contributed by atoms with Crippen LogP contribution in [0.1, 0.15) is 6.92 Å². The minimum atomic E-state index is -0.778. The van der Waals surface area contributed by atoms with Gasteiger partial charge in [0.05, 0.1) is 0 Å². The fraction of sp³-hybridized carbons (Fsp3) is 0.400. The lowest BCUT2D eigenvalue weighted by molar-refractivity contribution is 0.598. The van der Waals surface area contributed by atoms with Crippen LogP contribution in [0.4, 0.5) is 0 Å². The Bertz CT molecular complexity index is 110. The molecule has 2 heteroatoms. The van der Waals surface area contributed by atoms with Crippen molar-refractivity contribution in [3.05, 3.63) is 6.92 Å². The van der Waals surface area contributed by atoms with E-state index in [1.54, 1.807) is 6.92 Å². The SMILES string of the molecule is C#CC([CH2])(C)[S+]=O. The van der Waals surface area contributed by atoms with Crippen LogP contribution in [0.15, 0.2) is 0 Å². The maximum atomic E-state index is 9.89. The van der Waals surface area contributed by atoms with Crippen LogP contribution in [-0.4, -0.2) is 4.75 Å². The smallest absolute Gasteiger partial charge is 0.114 e. The van der Waals surface area contributed by atoms with Gasteiger partial charge in [0, 0.05) is 18.1 Å². The van der Waals surface area contributed by atoms with Crippen LogP contribution in [0.2, 0.25) is 0 Å². The predicted molar refractivity (Wildman–Crippen MR) is 30.6 cm³/mol. The van der Waals surface area contributed by atoms with E-state index >= 15 is 0 Å². The minimum Gasteiger partial charge on any atom is -0.114 e. The van der Waals surface area contributed by atoms with E-state index in [0.29, 0.717) is 11.7 Å². The second kappa shape index (κ2) is 2.04. The Morgan fingerprint density at radius 2 is 2.43 bits per heavy atom. The second-order valence-electron chi connectivity index (χ2n) is 1.46. The first-order valence-electron chi connectivity index (χ1n) is 1.76. The number of hydrogen-bond acceptors (Lipinski definition) is 1. The first-order valence-corrected chi connectivity index (χ1v) is 2.50. The zero-order valence-corrected chi connectivity index (χ0v) is 4.92. The van der Waals surface area contributed by atoms with Gasteiger partial charge in [-0.3, -0.25) is 0 Å². The maximum absolute atomic E-state index is 9.89. The van der Waals surface area contributed by atoms with Crippen molar-refractivity contribution in [1.29, 1.82) is 0 Å². The van der Waals surface area contributed by atoms with Crippen LogP contribution in [0.25, 0.3) is 0 Å². The van der Waals surface area contributed by atoms with Crippen LogP contribution in [0, 0.1) is 19.3 Å².